The number of aromatic nitrogens is 2. The first-order valence-electron chi connectivity index (χ1n) is 11.7. The van der Waals surface area contributed by atoms with Gasteiger partial charge in [0.1, 0.15) is 17.4 Å². The first-order chi connectivity index (χ1) is 18.2. The minimum Gasteiger partial charge on any atom is -0.490 e. The van der Waals surface area contributed by atoms with Crippen molar-refractivity contribution >= 4 is 47.2 Å². The van der Waals surface area contributed by atoms with E-state index in [0.717, 1.165) is 42.9 Å². The van der Waals surface area contributed by atoms with Crippen LogP contribution in [0.1, 0.15) is 28.8 Å². The molecular formula is C26H29Cl2N5O5. The van der Waals surface area contributed by atoms with Gasteiger partial charge < -0.3 is 30.5 Å². The third-order valence-corrected chi connectivity index (χ3v) is 6.54. The number of halogens is 2. The quantitative estimate of drug-likeness (QED) is 0.347. The highest BCUT2D eigenvalue weighted by atomic mass is 35.5. The summed E-state index contributed by atoms with van der Waals surface area (Å²) in [6.07, 6.45) is 2.22. The van der Waals surface area contributed by atoms with E-state index in [1.807, 2.05) is 25.1 Å². The Labute approximate surface area is 230 Å². The van der Waals surface area contributed by atoms with Crippen LogP contribution in [0.4, 0.5) is 11.6 Å². The Bertz CT molecular complexity index is 1280. The van der Waals surface area contributed by atoms with Crippen LogP contribution in [-0.4, -0.2) is 65.7 Å². The molecule has 0 atom stereocenters. The van der Waals surface area contributed by atoms with Crippen molar-refractivity contribution in [2.24, 2.45) is 5.73 Å². The molecule has 0 aliphatic carbocycles. The van der Waals surface area contributed by atoms with Crippen molar-refractivity contribution in [3.63, 3.8) is 0 Å². The molecule has 0 unspecified atom stereocenters. The van der Waals surface area contributed by atoms with E-state index < -0.39 is 5.91 Å². The van der Waals surface area contributed by atoms with Crippen LogP contribution in [-0.2, 0) is 4.79 Å². The summed E-state index contributed by atoms with van der Waals surface area (Å²) in [5.74, 6) is 0.294. The summed E-state index contributed by atoms with van der Waals surface area (Å²) < 4.78 is 11.6. The van der Waals surface area contributed by atoms with Crippen LogP contribution >= 0.6 is 23.2 Å². The maximum atomic E-state index is 12.3. The Kier molecular flexibility index (Phi) is 10.1. The summed E-state index contributed by atoms with van der Waals surface area (Å²) in [7, 11) is 3.52. The van der Waals surface area contributed by atoms with Crippen LogP contribution in [0.2, 0.25) is 10.0 Å². The number of nitrogens with one attached hydrogen (secondary N) is 1. The molecule has 1 amide bonds. The molecular weight excluding hydrogens is 533 g/mol. The maximum Gasteiger partial charge on any atom is 0.290 e. The van der Waals surface area contributed by atoms with Crippen molar-refractivity contribution in [2.45, 2.75) is 25.9 Å². The number of nitrogens with two attached hydrogens (primary N) is 1. The van der Waals surface area contributed by atoms with Crippen LogP contribution in [0.3, 0.4) is 0 Å². The molecule has 1 aliphatic heterocycles. The number of methoxy groups -OCH3 is 1. The monoisotopic (exact) mass is 561 g/mol. The maximum absolute atomic E-state index is 12.3. The number of benzene rings is 2. The van der Waals surface area contributed by atoms with Crippen LogP contribution in [0.25, 0.3) is 11.3 Å². The zero-order chi connectivity index (χ0) is 27.8. The minimum atomic E-state index is -0.759. The molecule has 0 spiro atoms. The Morgan fingerprint density at radius 1 is 1.18 bits per heavy atom. The molecule has 1 aromatic heterocycles. The van der Waals surface area contributed by atoms with Crippen LogP contribution in [0, 0.1) is 6.92 Å². The molecule has 12 heteroatoms. The molecule has 0 saturated carbocycles. The second kappa shape index (κ2) is 13.3. The molecule has 38 heavy (non-hydrogen) atoms. The van der Waals surface area contributed by atoms with Gasteiger partial charge in [-0.3, -0.25) is 9.59 Å². The summed E-state index contributed by atoms with van der Waals surface area (Å²) in [5, 5.41) is 10.7. The Morgan fingerprint density at radius 3 is 2.37 bits per heavy atom. The highest BCUT2D eigenvalue weighted by Gasteiger charge is 2.25. The van der Waals surface area contributed by atoms with Crippen molar-refractivity contribution in [1.29, 1.82) is 0 Å². The predicted molar refractivity (Wildman–Crippen MR) is 147 cm³/mol. The van der Waals surface area contributed by atoms with E-state index in [9.17, 15) is 4.79 Å². The summed E-state index contributed by atoms with van der Waals surface area (Å²) >= 11 is 12.8. The molecule has 4 N–H and O–H groups in total. The lowest BCUT2D eigenvalue weighted by Gasteiger charge is -2.29. The zero-order valence-corrected chi connectivity index (χ0v) is 22.7. The number of likely N-dealkylation sites (tertiary alicyclic amines) is 1. The molecule has 0 radical (unpaired) electrons. The minimum absolute atomic E-state index is 0.00824. The first-order valence-corrected chi connectivity index (χ1v) is 12.4. The van der Waals surface area contributed by atoms with Crippen LogP contribution in [0.5, 0.6) is 11.6 Å². The number of amides is 1. The van der Waals surface area contributed by atoms with Crippen molar-refractivity contribution in [3.05, 3.63) is 57.6 Å². The molecule has 0 bridgehead atoms. The second-order valence-corrected chi connectivity index (χ2v) is 9.39. The average molecular weight is 562 g/mol. The molecule has 2 aromatic carbocycles. The summed E-state index contributed by atoms with van der Waals surface area (Å²) in [6, 6.07) is 10.8. The van der Waals surface area contributed by atoms with E-state index in [1.165, 1.54) is 7.11 Å². The summed E-state index contributed by atoms with van der Waals surface area (Å²) in [5.41, 5.74) is 7.89. The van der Waals surface area contributed by atoms with Gasteiger partial charge in [0.25, 0.3) is 12.4 Å². The van der Waals surface area contributed by atoms with Gasteiger partial charge >= 0.3 is 0 Å². The third-order valence-electron chi connectivity index (χ3n) is 5.91. The molecule has 202 valence electrons. The van der Waals surface area contributed by atoms with Gasteiger partial charge in [-0.15, -0.1) is 0 Å². The lowest BCUT2D eigenvalue weighted by molar-refractivity contribution is -0.122. The number of nitrogens with zero attached hydrogens (tertiary/aromatic N) is 3. The Morgan fingerprint density at radius 2 is 1.82 bits per heavy atom. The second-order valence-electron chi connectivity index (χ2n) is 8.57. The third kappa shape index (κ3) is 7.03. The molecule has 10 nitrogen and oxygen atoms in total. The van der Waals surface area contributed by atoms with E-state index in [4.69, 9.17) is 48.3 Å². The smallest absolute Gasteiger partial charge is 0.290 e. The van der Waals surface area contributed by atoms with E-state index >= 15 is 0 Å². The number of carbonyl (C=O) groups excluding carboxylic acids is 1. The highest BCUT2D eigenvalue weighted by molar-refractivity contribution is 6.39. The number of hydrogen-bond donors (Lipinski definition) is 3. The van der Waals surface area contributed by atoms with Crippen LogP contribution in [0.15, 0.2) is 36.4 Å². The lowest BCUT2D eigenvalue weighted by atomic mass is 10.1. The van der Waals surface area contributed by atoms with E-state index in [0.29, 0.717) is 15.6 Å². The van der Waals surface area contributed by atoms with Crippen molar-refractivity contribution in [1.82, 2.24) is 14.9 Å². The van der Waals surface area contributed by atoms with Gasteiger partial charge in [-0.05, 0) is 62.7 Å². The number of hydrogen-bond acceptors (Lipinski definition) is 8. The largest absolute Gasteiger partial charge is 0.490 e. The number of carbonyl (C=O) groups is 2. The number of rotatable bonds is 7. The van der Waals surface area contributed by atoms with E-state index in [-0.39, 0.29) is 35.7 Å². The Hall–Kier alpha value is -3.60. The zero-order valence-electron chi connectivity index (χ0n) is 21.2. The van der Waals surface area contributed by atoms with Gasteiger partial charge in [-0.2, -0.15) is 4.98 Å². The fourth-order valence-corrected chi connectivity index (χ4v) is 4.62. The van der Waals surface area contributed by atoms with Gasteiger partial charge in [0.15, 0.2) is 0 Å². The average Bonchev–Trinajstić information content (AvgIpc) is 2.87. The topological polar surface area (TPSA) is 140 Å². The predicted octanol–water partition coefficient (Wildman–Crippen LogP) is 4.78. The van der Waals surface area contributed by atoms with Crippen LogP contribution < -0.4 is 20.5 Å². The fraction of sp³-hybridized carbons (Fsp3) is 0.308. The lowest BCUT2D eigenvalue weighted by Crippen LogP contribution is -2.35. The van der Waals surface area contributed by atoms with Gasteiger partial charge in [0.2, 0.25) is 11.8 Å². The SMILES string of the molecule is COc1nc(Nc2ccc(OC3CCN(C)CC3)c(C)c2)nc(-c2c(Cl)cccc2Cl)c1C(N)=O.O=CO. The first kappa shape index (κ1) is 29.0. The Balaban J connectivity index is 0.00000127. The summed E-state index contributed by atoms with van der Waals surface area (Å²) in [6.45, 7) is 3.80. The number of ether oxygens (including phenoxy) is 2. The molecule has 1 fully saturated rings. The molecule has 1 saturated heterocycles. The molecule has 3 aromatic rings. The summed E-state index contributed by atoms with van der Waals surface area (Å²) in [4.78, 5) is 31.8. The fourth-order valence-electron chi connectivity index (χ4n) is 4.04. The van der Waals surface area contributed by atoms with Crippen molar-refractivity contribution in [2.75, 3.05) is 32.6 Å². The molecule has 2 heterocycles. The van der Waals surface area contributed by atoms with E-state index in [1.54, 1.807) is 18.2 Å². The number of aryl methyl sites for hydroxylation is 1. The number of anilines is 2. The normalized spacial score (nSPS) is 13.7. The van der Waals surface area contributed by atoms with Crippen molar-refractivity contribution in [3.8, 4) is 22.9 Å². The molecule has 4 rings (SSSR count). The van der Waals surface area contributed by atoms with E-state index in [2.05, 4.69) is 27.2 Å². The number of piperidine rings is 1. The highest BCUT2D eigenvalue weighted by Crippen LogP contribution is 2.38. The van der Waals surface area contributed by atoms with Crippen molar-refractivity contribution < 1.29 is 24.2 Å². The molecule has 1 aliphatic rings. The number of carboxylic acid groups (broad SMARTS) is 1. The van der Waals surface area contributed by atoms with Gasteiger partial charge in [-0.1, -0.05) is 29.3 Å². The standard InChI is InChI=1S/C25H27Cl2N5O3.CH2O2/c1-14-13-15(7-8-19(14)35-16-9-11-32(2)12-10-16)29-25-30-22(20-17(26)5-4-6-18(20)27)21(23(28)33)24(31-25)34-3;2-1-3/h4-8,13,16H,9-12H2,1-3H3,(H2,28,33)(H,29,30,31);1H,(H,2,3). The van der Waals surface area contributed by atoms with Gasteiger partial charge in [-0.25, -0.2) is 4.98 Å². The van der Waals surface area contributed by atoms with Gasteiger partial charge in [0.05, 0.1) is 22.8 Å². The van der Waals surface area contributed by atoms with Gasteiger partial charge in [0, 0.05) is 24.3 Å². The number of primary amides is 1.